The molecule has 0 unspecified atom stereocenters. The molecular weight excluding hydrogens is 205 g/mol. The number of hydrogen-bond acceptors (Lipinski definition) is 5. The zero-order chi connectivity index (χ0) is 10.6. The summed E-state index contributed by atoms with van der Waals surface area (Å²) in [6.45, 7) is 0. The zero-order valence-corrected chi connectivity index (χ0v) is 8.21. The first kappa shape index (κ1) is 10.8. The fourth-order valence-corrected chi connectivity index (χ4v) is 1.05. The van der Waals surface area contributed by atoms with Crippen LogP contribution in [0.1, 0.15) is 5.56 Å². The Balaban J connectivity index is 2.76. The Morgan fingerprint density at radius 3 is 2.93 bits per heavy atom. The first-order valence-corrected chi connectivity index (χ1v) is 4.36. The van der Waals surface area contributed by atoms with Crippen LogP contribution < -0.4 is 10.0 Å². The third-order valence-electron chi connectivity index (χ3n) is 1.31. The van der Waals surface area contributed by atoms with Crippen LogP contribution in [0.25, 0.3) is 0 Å². The third kappa shape index (κ3) is 2.88. The molecule has 0 amide bonds. The molecule has 0 saturated heterocycles. The highest BCUT2D eigenvalue weighted by Gasteiger charge is 2.04. The molecule has 1 rings (SSSR count). The van der Waals surface area contributed by atoms with Gasteiger partial charge in [-0.2, -0.15) is 9.68 Å². The van der Waals surface area contributed by atoms with Crippen LogP contribution in [-0.4, -0.2) is 11.5 Å². The van der Waals surface area contributed by atoms with Crippen molar-refractivity contribution >= 4 is 12.2 Å². The lowest BCUT2D eigenvalue weighted by Gasteiger charge is -2.08. The predicted octanol–water partition coefficient (Wildman–Crippen LogP) is 1.44. The molecule has 0 aromatic heterocycles. The summed E-state index contributed by atoms with van der Waals surface area (Å²) in [5, 5.41) is 8.53. The summed E-state index contributed by atoms with van der Waals surface area (Å²) in [7, 11) is 1.60. The topological polar surface area (TPSA) is 62.3 Å². The van der Waals surface area contributed by atoms with E-state index in [1.54, 1.807) is 13.1 Å². The van der Waals surface area contributed by atoms with Gasteiger partial charge in [-0.15, -0.1) is 0 Å². The van der Waals surface area contributed by atoms with E-state index in [0.29, 0.717) is 5.75 Å². The second-order valence-electron chi connectivity index (χ2n) is 2.46. The lowest BCUT2D eigenvalue weighted by atomic mass is 10.2. The zero-order valence-electron chi connectivity index (χ0n) is 7.40. The SMILES string of the molecule is CN(N)SOc1ccc(F)c(C#N)c1. The van der Waals surface area contributed by atoms with Gasteiger partial charge in [0.1, 0.15) is 17.6 Å². The molecule has 0 spiro atoms. The van der Waals surface area contributed by atoms with E-state index in [9.17, 15) is 4.39 Å². The van der Waals surface area contributed by atoms with Crippen molar-refractivity contribution in [1.29, 1.82) is 5.26 Å². The minimum Gasteiger partial charge on any atom is -0.409 e. The predicted molar refractivity (Wildman–Crippen MR) is 51.3 cm³/mol. The molecule has 0 fully saturated rings. The molecule has 14 heavy (non-hydrogen) atoms. The Kier molecular flexibility index (Phi) is 3.71. The molecular formula is C8H8FN3OS. The number of nitriles is 1. The molecule has 74 valence electrons. The van der Waals surface area contributed by atoms with E-state index in [1.165, 1.54) is 22.6 Å². The van der Waals surface area contributed by atoms with Crippen molar-refractivity contribution in [1.82, 2.24) is 4.41 Å². The normalized spacial score (nSPS) is 9.93. The van der Waals surface area contributed by atoms with E-state index >= 15 is 0 Å². The van der Waals surface area contributed by atoms with Gasteiger partial charge in [0.25, 0.3) is 0 Å². The Morgan fingerprint density at radius 1 is 1.64 bits per heavy atom. The highest BCUT2D eigenvalue weighted by molar-refractivity contribution is 7.92. The molecule has 2 N–H and O–H groups in total. The Labute approximate surface area is 85.4 Å². The number of benzene rings is 1. The van der Waals surface area contributed by atoms with E-state index in [2.05, 4.69) is 0 Å². The summed E-state index contributed by atoms with van der Waals surface area (Å²) < 4.78 is 19.2. The third-order valence-corrected chi connectivity index (χ3v) is 1.81. The monoisotopic (exact) mass is 213 g/mol. The van der Waals surface area contributed by atoms with E-state index < -0.39 is 5.82 Å². The van der Waals surface area contributed by atoms with Crippen LogP contribution in [0.4, 0.5) is 4.39 Å². The highest BCUT2D eigenvalue weighted by atomic mass is 32.2. The summed E-state index contributed by atoms with van der Waals surface area (Å²) in [5.41, 5.74) is -0.0530. The second kappa shape index (κ2) is 4.81. The Hall–Kier alpha value is -1.29. The maximum Gasteiger partial charge on any atom is 0.161 e. The molecule has 0 aliphatic heterocycles. The fraction of sp³-hybridized carbons (Fsp3) is 0.125. The van der Waals surface area contributed by atoms with E-state index in [1.807, 2.05) is 0 Å². The van der Waals surface area contributed by atoms with Crippen molar-refractivity contribution in [2.75, 3.05) is 7.05 Å². The van der Waals surface area contributed by atoms with Crippen molar-refractivity contribution in [3.05, 3.63) is 29.6 Å². The lowest BCUT2D eigenvalue weighted by molar-refractivity contribution is 0.532. The first-order valence-electron chi connectivity index (χ1n) is 3.66. The standard InChI is InChI=1S/C8H8FN3OS/c1-12(11)14-13-7-2-3-8(9)6(4-7)5-10/h2-4H,11H2,1H3. The maximum absolute atomic E-state index is 12.8. The number of hydrazine groups is 1. The first-order chi connectivity index (χ1) is 6.63. The van der Waals surface area contributed by atoms with Crippen molar-refractivity contribution < 1.29 is 8.57 Å². The molecule has 0 bridgehead atoms. The summed E-state index contributed by atoms with van der Waals surface area (Å²) in [6.07, 6.45) is 0. The quantitative estimate of drug-likeness (QED) is 0.356. The average molecular weight is 213 g/mol. The highest BCUT2D eigenvalue weighted by Crippen LogP contribution is 2.20. The van der Waals surface area contributed by atoms with Crippen LogP contribution in [0, 0.1) is 17.1 Å². The van der Waals surface area contributed by atoms with Crippen LogP contribution in [0.5, 0.6) is 5.75 Å². The van der Waals surface area contributed by atoms with Crippen LogP contribution in [0.15, 0.2) is 18.2 Å². The average Bonchev–Trinajstić information content (AvgIpc) is 2.16. The molecule has 0 aliphatic carbocycles. The lowest BCUT2D eigenvalue weighted by Crippen LogP contribution is -2.18. The van der Waals surface area contributed by atoms with Gasteiger partial charge in [-0.1, -0.05) is 0 Å². The largest absolute Gasteiger partial charge is 0.409 e. The number of nitrogens with two attached hydrogens (primary N) is 1. The number of nitrogens with zero attached hydrogens (tertiary/aromatic N) is 2. The summed E-state index contributed by atoms with van der Waals surface area (Å²) in [4.78, 5) is 0. The molecule has 0 radical (unpaired) electrons. The molecule has 0 atom stereocenters. The van der Waals surface area contributed by atoms with Crippen LogP contribution >= 0.6 is 12.2 Å². The van der Waals surface area contributed by atoms with Gasteiger partial charge in [-0.05, 0) is 12.1 Å². The maximum atomic E-state index is 12.8. The number of rotatable bonds is 3. The minimum absolute atomic E-state index is 0.0530. The van der Waals surface area contributed by atoms with Gasteiger partial charge < -0.3 is 4.18 Å². The van der Waals surface area contributed by atoms with Crippen LogP contribution in [0.2, 0.25) is 0 Å². The minimum atomic E-state index is -0.564. The van der Waals surface area contributed by atoms with Crippen molar-refractivity contribution in [2.24, 2.45) is 5.84 Å². The van der Waals surface area contributed by atoms with Gasteiger partial charge in [0.05, 0.1) is 5.56 Å². The van der Waals surface area contributed by atoms with Gasteiger partial charge in [-0.3, -0.25) is 5.84 Å². The molecule has 0 saturated carbocycles. The van der Waals surface area contributed by atoms with Gasteiger partial charge in [0.2, 0.25) is 0 Å². The summed E-state index contributed by atoms with van der Waals surface area (Å²) in [6, 6.07) is 5.62. The van der Waals surface area contributed by atoms with E-state index in [-0.39, 0.29) is 5.56 Å². The Morgan fingerprint density at radius 2 is 2.36 bits per heavy atom. The van der Waals surface area contributed by atoms with Crippen molar-refractivity contribution in [3.8, 4) is 11.8 Å². The van der Waals surface area contributed by atoms with Gasteiger partial charge in [0, 0.05) is 13.1 Å². The molecule has 1 aromatic carbocycles. The Bertz CT molecular complexity index is 364. The van der Waals surface area contributed by atoms with Gasteiger partial charge >= 0.3 is 0 Å². The van der Waals surface area contributed by atoms with Gasteiger partial charge in [0.15, 0.2) is 12.2 Å². The fourth-order valence-electron chi connectivity index (χ4n) is 0.744. The number of halogens is 1. The smallest absolute Gasteiger partial charge is 0.161 e. The molecule has 4 nitrogen and oxygen atoms in total. The summed E-state index contributed by atoms with van der Waals surface area (Å²) >= 11 is 0.889. The van der Waals surface area contributed by atoms with Crippen molar-refractivity contribution in [2.45, 2.75) is 0 Å². The van der Waals surface area contributed by atoms with Crippen molar-refractivity contribution in [3.63, 3.8) is 0 Å². The van der Waals surface area contributed by atoms with E-state index in [0.717, 1.165) is 12.2 Å². The molecule has 0 heterocycles. The molecule has 1 aromatic rings. The van der Waals surface area contributed by atoms with Gasteiger partial charge in [-0.25, -0.2) is 4.39 Å². The molecule has 6 heteroatoms. The molecule has 0 aliphatic rings. The van der Waals surface area contributed by atoms with Crippen LogP contribution in [0.3, 0.4) is 0 Å². The van der Waals surface area contributed by atoms with E-state index in [4.69, 9.17) is 15.3 Å². The van der Waals surface area contributed by atoms with Crippen LogP contribution in [-0.2, 0) is 0 Å². The second-order valence-corrected chi connectivity index (χ2v) is 3.35. The number of hydrogen-bond donors (Lipinski definition) is 1. The summed E-state index contributed by atoms with van der Waals surface area (Å²) in [5.74, 6) is 5.09.